The van der Waals surface area contributed by atoms with Crippen LogP contribution >= 0.6 is 0 Å². The second kappa shape index (κ2) is 6.04. The molecule has 2 atom stereocenters. The van der Waals surface area contributed by atoms with Gasteiger partial charge in [-0.15, -0.1) is 0 Å². The molecule has 0 aliphatic rings. The Hall–Kier alpha value is -0.660. The van der Waals surface area contributed by atoms with Gasteiger partial charge in [-0.05, 0) is 20.3 Å². The van der Waals surface area contributed by atoms with Gasteiger partial charge < -0.3 is 9.84 Å². The minimum atomic E-state index is -3.79. The number of nitrogens with one attached hydrogen (secondary N) is 1. The number of aliphatic carboxylic acids is 1. The average Bonchev–Trinajstić information content (AvgIpc) is 2.12. The molecule has 0 rings (SSSR count). The molecule has 0 bridgehead atoms. The summed E-state index contributed by atoms with van der Waals surface area (Å²) in [6.45, 7) is 3.21. The van der Waals surface area contributed by atoms with Crippen molar-refractivity contribution >= 4 is 16.0 Å². The van der Waals surface area contributed by atoms with Gasteiger partial charge in [0.15, 0.2) is 5.25 Å². The highest BCUT2D eigenvalue weighted by atomic mass is 32.2. The summed E-state index contributed by atoms with van der Waals surface area (Å²) in [5.41, 5.74) is 0. The Bertz CT molecular complexity index is 300. The van der Waals surface area contributed by atoms with Crippen molar-refractivity contribution in [3.05, 3.63) is 0 Å². The zero-order valence-electron chi connectivity index (χ0n) is 9.06. The first-order valence-corrected chi connectivity index (χ1v) is 6.08. The van der Waals surface area contributed by atoms with Gasteiger partial charge in [-0.25, -0.2) is 13.1 Å². The van der Waals surface area contributed by atoms with Crippen molar-refractivity contribution in [1.82, 2.24) is 4.72 Å². The van der Waals surface area contributed by atoms with E-state index >= 15 is 0 Å². The van der Waals surface area contributed by atoms with Crippen LogP contribution in [0, 0.1) is 0 Å². The largest absolute Gasteiger partial charge is 0.480 e. The molecular formula is C8H17NO5S. The first-order chi connectivity index (χ1) is 6.81. The van der Waals surface area contributed by atoms with Gasteiger partial charge in [0.2, 0.25) is 10.0 Å². The molecule has 0 spiro atoms. The van der Waals surface area contributed by atoms with Crippen LogP contribution in [-0.2, 0) is 19.6 Å². The molecule has 0 aromatic rings. The van der Waals surface area contributed by atoms with E-state index in [0.29, 0.717) is 13.0 Å². The third kappa shape index (κ3) is 5.10. The number of hydrogen-bond donors (Lipinski definition) is 2. The average molecular weight is 239 g/mol. The summed E-state index contributed by atoms with van der Waals surface area (Å²) < 4.78 is 29.9. The molecule has 7 heteroatoms. The van der Waals surface area contributed by atoms with Gasteiger partial charge in [0.25, 0.3) is 0 Å². The summed E-state index contributed by atoms with van der Waals surface area (Å²) in [5.74, 6) is -1.36. The fourth-order valence-corrected chi connectivity index (χ4v) is 2.02. The van der Waals surface area contributed by atoms with Gasteiger partial charge in [-0.1, -0.05) is 0 Å². The maximum atomic E-state index is 11.4. The second-order valence-electron chi connectivity index (χ2n) is 3.33. The third-order valence-electron chi connectivity index (χ3n) is 1.93. The molecule has 0 radical (unpaired) electrons. The van der Waals surface area contributed by atoms with Crippen molar-refractivity contribution in [3.8, 4) is 0 Å². The lowest BCUT2D eigenvalue weighted by atomic mass is 10.3. The molecule has 0 heterocycles. The minimum Gasteiger partial charge on any atom is -0.480 e. The molecule has 6 nitrogen and oxygen atoms in total. The molecule has 0 aromatic heterocycles. The first kappa shape index (κ1) is 14.3. The van der Waals surface area contributed by atoms with Gasteiger partial charge in [-0.3, -0.25) is 4.79 Å². The summed E-state index contributed by atoms with van der Waals surface area (Å²) in [6, 6.07) is -0.336. The highest BCUT2D eigenvalue weighted by molar-refractivity contribution is 7.90. The SMILES string of the molecule is COCCC(C)NS(=O)(=O)C(C)C(=O)O. The summed E-state index contributed by atoms with van der Waals surface area (Å²) >= 11 is 0. The molecule has 0 amide bonds. The van der Waals surface area contributed by atoms with Crippen molar-refractivity contribution in [2.45, 2.75) is 31.6 Å². The number of ether oxygens (including phenoxy) is 1. The smallest absolute Gasteiger partial charge is 0.323 e. The van der Waals surface area contributed by atoms with E-state index in [4.69, 9.17) is 9.84 Å². The van der Waals surface area contributed by atoms with Crippen LogP contribution in [0.3, 0.4) is 0 Å². The molecule has 2 unspecified atom stereocenters. The summed E-state index contributed by atoms with van der Waals surface area (Å²) in [7, 11) is -2.28. The standard InChI is InChI=1S/C8H17NO5S/c1-6(4-5-14-3)9-15(12,13)7(2)8(10)11/h6-7,9H,4-5H2,1-3H3,(H,10,11). The van der Waals surface area contributed by atoms with Crippen LogP contribution < -0.4 is 4.72 Å². The van der Waals surface area contributed by atoms with Gasteiger partial charge in [-0.2, -0.15) is 0 Å². The van der Waals surface area contributed by atoms with Gasteiger partial charge in [0.05, 0.1) is 0 Å². The Labute approximate surface area is 89.7 Å². The Balaban J connectivity index is 4.32. The van der Waals surface area contributed by atoms with Gasteiger partial charge in [0, 0.05) is 19.8 Å². The molecule has 2 N–H and O–H groups in total. The third-order valence-corrected chi connectivity index (χ3v) is 3.80. The van der Waals surface area contributed by atoms with Crippen molar-refractivity contribution in [2.24, 2.45) is 0 Å². The van der Waals surface area contributed by atoms with Crippen LogP contribution in [0.15, 0.2) is 0 Å². The zero-order chi connectivity index (χ0) is 12.1. The molecule has 0 fully saturated rings. The maximum Gasteiger partial charge on any atom is 0.323 e. The maximum absolute atomic E-state index is 11.4. The summed E-state index contributed by atoms with van der Waals surface area (Å²) in [6.07, 6.45) is 0.502. The van der Waals surface area contributed by atoms with Gasteiger partial charge in [0.1, 0.15) is 0 Å². The van der Waals surface area contributed by atoms with E-state index in [0.717, 1.165) is 6.92 Å². The fraction of sp³-hybridized carbons (Fsp3) is 0.875. The van der Waals surface area contributed by atoms with Crippen molar-refractivity contribution in [1.29, 1.82) is 0 Å². The van der Waals surface area contributed by atoms with Crippen molar-refractivity contribution in [3.63, 3.8) is 0 Å². The lowest BCUT2D eigenvalue weighted by Gasteiger charge is -2.15. The Morgan fingerprint density at radius 1 is 1.47 bits per heavy atom. The van der Waals surface area contributed by atoms with Crippen LogP contribution in [-0.4, -0.2) is 44.5 Å². The summed E-state index contributed by atoms with van der Waals surface area (Å²) in [5, 5.41) is 7.12. The van der Waals surface area contributed by atoms with E-state index in [1.165, 1.54) is 7.11 Å². The van der Waals surface area contributed by atoms with Gasteiger partial charge >= 0.3 is 5.97 Å². The number of carboxylic acids is 1. The number of methoxy groups -OCH3 is 1. The molecular weight excluding hydrogens is 222 g/mol. The Morgan fingerprint density at radius 3 is 2.40 bits per heavy atom. The number of rotatable bonds is 7. The Morgan fingerprint density at radius 2 is 2.00 bits per heavy atom. The topological polar surface area (TPSA) is 92.7 Å². The van der Waals surface area contributed by atoms with Crippen LogP contribution in [0.5, 0.6) is 0 Å². The normalized spacial score (nSPS) is 15.9. The Kier molecular flexibility index (Phi) is 5.77. The quantitative estimate of drug-likeness (QED) is 0.642. The van der Waals surface area contributed by atoms with Crippen LogP contribution in [0.1, 0.15) is 20.3 Å². The van der Waals surface area contributed by atoms with Crippen LogP contribution in [0.2, 0.25) is 0 Å². The zero-order valence-corrected chi connectivity index (χ0v) is 9.87. The molecule has 90 valence electrons. The highest BCUT2D eigenvalue weighted by Crippen LogP contribution is 2.02. The second-order valence-corrected chi connectivity index (χ2v) is 5.36. The highest BCUT2D eigenvalue weighted by Gasteiger charge is 2.28. The molecule has 15 heavy (non-hydrogen) atoms. The van der Waals surface area contributed by atoms with E-state index in [9.17, 15) is 13.2 Å². The number of carbonyl (C=O) groups is 1. The van der Waals surface area contributed by atoms with E-state index in [1.54, 1.807) is 6.92 Å². The summed E-state index contributed by atoms with van der Waals surface area (Å²) in [4.78, 5) is 10.5. The lowest BCUT2D eigenvalue weighted by molar-refractivity contribution is -0.136. The fourth-order valence-electron chi connectivity index (χ4n) is 0.869. The molecule has 0 saturated carbocycles. The lowest BCUT2D eigenvalue weighted by Crippen LogP contribution is -2.42. The minimum absolute atomic E-state index is 0.336. The molecule has 0 aliphatic carbocycles. The van der Waals surface area contributed by atoms with Crippen LogP contribution in [0.25, 0.3) is 0 Å². The van der Waals surface area contributed by atoms with E-state index in [1.807, 2.05) is 0 Å². The molecule has 0 saturated heterocycles. The van der Waals surface area contributed by atoms with E-state index in [2.05, 4.69) is 4.72 Å². The van der Waals surface area contributed by atoms with E-state index in [-0.39, 0.29) is 6.04 Å². The van der Waals surface area contributed by atoms with E-state index < -0.39 is 21.2 Å². The first-order valence-electron chi connectivity index (χ1n) is 4.54. The van der Waals surface area contributed by atoms with Crippen molar-refractivity contribution < 1.29 is 23.1 Å². The van der Waals surface area contributed by atoms with Crippen LogP contribution in [0.4, 0.5) is 0 Å². The monoisotopic (exact) mass is 239 g/mol. The molecule has 0 aromatic carbocycles. The molecule has 0 aliphatic heterocycles. The van der Waals surface area contributed by atoms with Crippen molar-refractivity contribution in [2.75, 3.05) is 13.7 Å². The number of carboxylic acid groups (broad SMARTS) is 1. The predicted molar refractivity (Wildman–Crippen MR) is 55.1 cm³/mol. The predicted octanol–water partition coefficient (Wildman–Crippen LogP) is -0.196. The number of sulfonamides is 1. The number of hydrogen-bond acceptors (Lipinski definition) is 4.